The van der Waals surface area contributed by atoms with Gasteiger partial charge in [-0.15, -0.1) is 0 Å². The largest absolute Gasteiger partial charge is 0.302 e. The summed E-state index contributed by atoms with van der Waals surface area (Å²) in [5.41, 5.74) is 0. The standard InChI is InChI=1S/C19H40N4/c1-3-8-20-10-5-12-22(18-16-20)14-7-15-23-13-6-11-21(9-4-2)17-19-23/h3-19H2,1-2H3. The fourth-order valence-corrected chi connectivity index (χ4v) is 4.09. The minimum absolute atomic E-state index is 1.28. The topological polar surface area (TPSA) is 13.0 Å². The first-order chi connectivity index (χ1) is 11.3. The predicted octanol–water partition coefficient (Wildman–Crippen LogP) is 2.21. The van der Waals surface area contributed by atoms with Crippen LogP contribution in [0.2, 0.25) is 0 Å². The van der Waals surface area contributed by atoms with E-state index < -0.39 is 0 Å². The van der Waals surface area contributed by atoms with Gasteiger partial charge in [0.25, 0.3) is 0 Å². The first-order valence-corrected chi connectivity index (χ1v) is 10.2. The molecule has 0 aromatic heterocycles. The molecule has 0 N–H and O–H groups in total. The monoisotopic (exact) mass is 324 g/mol. The van der Waals surface area contributed by atoms with Gasteiger partial charge in [0, 0.05) is 26.2 Å². The summed E-state index contributed by atoms with van der Waals surface area (Å²) in [6.45, 7) is 20.1. The smallest absolute Gasteiger partial charge is 0.0109 e. The molecule has 2 saturated heterocycles. The zero-order valence-corrected chi connectivity index (χ0v) is 15.8. The quantitative estimate of drug-likeness (QED) is 0.679. The minimum atomic E-state index is 1.28. The third kappa shape index (κ3) is 7.51. The molecule has 0 atom stereocenters. The average Bonchev–Trinajstić information content (AvgIpc) is 2.90. The Balaban J connectivity index is 1.59. The van der Waals surface area contributed by atoms with Gasteiger partial charge in [0.1, 0.15) is 0 Å². The second kappa shape index (κ2) is 11.4. The Hall–Kier alpha value is -0.160. The van der Waals surface area contributed by atoms with Crippen molar-refractivity contribution in [1.29, 1.82) is 0 Å². The molecule has 0 aromatic carbocycles. The van der Waals surface area contributed by atoms with E-state index in [4.69, 9.17) is 0 Å². The summed E-state index contributed by atoms with van der Waals surface area (Å²) >= 11 is 0. The van der Waals surface area contributed by atoms with Crippen LogP contribution in [-0.2, 0) is 0 Å². The van der Waals surface area contributed by atoms with E-state index in [0.29, 0.717) is 0 Å². The lowest BCUT2D eigenvalue weighted by Gasteiger charge is -2.24. The third-order valence-corrected chi connectivity index (χ3v) is 5.39. The fraction of sp³-hybridized carbons (Fsp3) is 1.00. The molecule has 23 heavy (non-hydrogen) atoms. The number of nitrogens with zero attached hydrogens (tertiary/aromatic N) is 4. The van der Waals surface area contributed by atoms with Gasteiger partial charge in [-0.2, -0.15) is 0 Å². The Kier molecular flexibility index (Phi) is 9.50. The summed E-state index contributed by atoms with van der Waals surface area (Å²) in [5, 5.41) is 0. The van der Waals surface area contributed by atoms with Crippen LogP contribution < -0.4 is 0 Å². The summed E-state index contributed by atoms with van der Waals surface area (Å²) in [6.07, 6.45) is 6.65. The van der Waals surface area contributed by atoms with Crippen molar-refractivity contribution in [2.75, 3.05) is 78.5 Å². The summed E-state index contributed by atoms with van der Waals surface area (Å²) in [5.74, 6) is 0. The van der Waals surface area contributed by atoms with Crippen LogP contribution in [0.1, 0.15) is 46.0 Å². The molecule has 4 nitrogen and oxygen atoms in total. The van der Waals surface area contributed by atoms with E-state index in [2.05, 4.69) is 33.4 Å². The highest BCUT2D eigenvalue weighted by Crippen LogP contribution is 2.07. The van der Waals surface area contributed by atoms with E-state index in [0.717, 1.165) is 0 Å². The first kappa shape index (κ1) is 19.2. The van der Waals surface area contributed by atoms with Crippen LogP contribution in [0, 0.1) is 0 Å². The van der Waals surface area contributed by atoms with Gasteiger partial charge in [-0.1, -0.05) is 13.8 Å². The maximum atomic E-state index is 2.71. The Labute approximate surface area is 144 Å². The summed E-state index contributed by atoms with van der Waals surface area (Å²) in [7, 11) is 0. The molecule has 0 aromatic rings. The van der Waals surface area contributed by atoms with Gasteiger partial charge in [0.2, 0.25) is 0 Å². The van der Waals surface area contributed by atoms with Crippen LogP contribution in [0.25, 0.3) is 0 Å². The molecule has 2 aliphatic heterocycles. The zero-order valence-electron chi connectivity index (χ0n) is 15.8. The van der Waals surface area contributed by atoms with E-state index in [9.17, 15) is 0 Å². The highest BCUT2D eigenvalue weighted by atomic mass is 15.2. The van der Waals surface area contributed by atoms with Crippen molar-refractivity contribution in [2.24, 2.45) is 0 Å². The van der Waals surface area contributed by atoms with Crippen molar-refractivity contribution in [2.45, 2.75) is 46.0 Å². The Morgan fingerprint density at radius 1 is 0.478 bits per heavy atom. The first-order valence-electron chi connectivity index (χ1n) is 10.2. The molecule has 0 spiro atoms. The molecule has 0 radical (unpaired) electrons. The van der Waals surface area contributed by atoms with Crippen LogP contribution in [-0.4, -0.2) is 98.1 Å². The molecule has 0 amide bonds. The van der Waals surface area contributed by atoms with Crippen molar-refractivity contribution in [1.82, 2.24) is 19.6 Å². The molecule has 136 valence electrons. The molecular formula is C19H40N4. The summed E-state index contributed by atoms with van der Waals surface area (Å²) in [6, 6.07) is 0. The zero-order chi connectivity index (χ0) is 16.3. The number of hydrogen-bond donors (Lipinski definition) is 0. The van der Waals surface area contributed by atoms with Crippen molar-refractivity contribution in [3.05, 3.63) is 0 Å². The van der Waals surface area contributed by atoms with E-state index in [1.165, 1.54) is 111 Å². The lowest BCUT2D eigenvalue weighted by Crippen LogP contribution is -2.35. The van der Waals surface area contributed by atoms with Gasteiger partial charge in [-0.3, -0.25) is 0 Å². The molecule has 2 fully saturated rings. The van der Waals surface area contributed by atoms with Crippen molar-refractivity contribution in [3.63, 3.8) is 0 Å². The summed E-state index contributed by atoms with van der Waals surface area (Å²) in [4.78, 5) is 10.7. The SMILES string of the molecule is CCCN1CCCN(CCCN2CCCN(CCC)CC2)CC1. The molecule has 0 aliphatic carbocycles. The molecular weight excluding hydrogens is 284 g/mol. The number of rotatable bonds is 8. The highest BCUT2D eigenvalue weighted by molar-refractivity contribution is 4.72. The molecule has 4 heteroatoms. The second-order valence-corrected chi connectivity index (χ2v) is 7.43. The fourth-order valence-electron chi connectivity index (χ4n) is 4.09. The van der Waals surface area contributed by atoms with Gasteiger partial charge < -0.3 is 19.6 Å². The average molecular weight is 325 g/mol. The molecule has 0 saturated carbocycles. The maximum Gasteiger partial charge on any atom is 0.0109 e. The Morgan fingerprint density at radius 2 is 0.826 bits per heavy atom. The third-order valence-electron chi connectivity index (χ3n) is 5.39. The Bertz CT molecular complexity index is 269. The van der Waals surface area contributed by atoms with Crippen LogP contribution in [0.3, 0.4) is 0 Å². The van der Waals surface area contributed by atoms with Gasteiger partial charge in [0.15, 0.2) is 0 Å². The normalized spacial score (nSPS) is 23.7. The molecule has 2 heterocycles. The van der Waals surface area contributed by atoms with Gasteiger partial charge in [0.05, 0.1) is 0 Å². The molecule has 2 rings (SSSR count). The van der Waals surface area contributed by atoms with E-state index >= 15 is 0 Å². The molecule has 2 aliphatic rings. The lowest BCUT2D eigenvalue weighted by molar-refractivity contribution is 0.223. The summed E-state index contributed by atoms with van der Waals surface area (Å²) < 4.78 is 0. The molecule has 0 unspecified atom stereocenters. The van der Waals surface area contributed by atoms with Crippen molar-refractivity contribution in [3.8, 4) is 0 Å². The van der Waals surface area contributed by atoms with Gasteiger partial charge in [-0.05, 0) is 84.5 Å². The van der Waals surface area contributed by atoms with E-state index in [-0.39, 0.29) is 0 Å². The second-order valence-electron chi connectivity index (χ2n) is 7.43. The van der Waals surface area contributed by atoms with E-state index in [1.807, 2.05) is 0 Å². The Morgan fingerprint density at radius 3 is 1.17 bits per heavy atom. The minimum Gasteiger partial charge on any atom is -0.302 e. The van der Waals surface area contributed by atoms with Crippen molar-refractivity contribution >= 4 is 0 Å². The van der Waals surface area contributed by atoms with Crippen LogP contribution in [0.5, 0.6) is 0 Å². The van der Waals surface area contributed by atoms with Crippen LogP contribution in [0.15, 0.2) is 0 Å². The predicted molar refractivity (Wildman–Crippen MR) is 100 cm³/mol. The van der Waals surface area contributed by atoms with E-state index in [1.54, 1.807) is 0 Å². The van der Waals surface area contributed by atoms with Crippen LogP contribution in [0.4, 0.5) is 0 Å². The lowest BCUT2D eigenvalue weighted by atomic mass is 10.3. The highest BCUT2D eigenvalue weighted by Gasteiger charge is 2.16. The number of hydrogen-bond acceptors (Lipinski definition) is 4. The van der Waals surface area contributed by atoms with Gasteiger partial charge >= 0.3 is 0 Å². The van der Waals surface area contributed by atoms with Gasteiger partial charge in [-0.25, -0.2) is 0 Å². The molecule has 0 bridgehead atoms. The maximum absolute atomic E-state index is 2.71. The van der Waals surface area contributed by atoms with Crippen molar-refractivity contribution < 1.29 is 0 Å². The van der Waals surface area contributed by atoms with Crippen LogP contribution >= 0.6 is 0 Å².